The molecule has 0 heterocycles. The molecule has 79 heavy (non-hydrogen) atoms. The van der Waals surface area contributed by atoms with Gasteiger partial charge in [-0.1, -0.05) is 0 Å². The number of carbonyl (C=O) groups is 2. The van der Waals surface area contributed by atoms with Crippen LogP contribution >= 0.6 is 0 Å². The molecule has 0 bridgehead atoms. The fourth-order valence-corrected chi connectivity index (χ4v) is 5.32. The number of rotatable bonds is 26. The predicted molar refractivity (Wildman–Crippen MR) is 150 cm³/mol. The van der Waals surface area contributed by atoms with E-state index >= 15 is 0 Å². The minimum Gasteiger partial charge on any atom is -0.747 e. The van der Waals surface area contributed by atoms with E-state index in [1.54, 1.807) is 0 Å². The van der Waals surface area contributed by atoms with Crippen molar-refractivity contribution in [2.75, 3.05) is 13.2 Å². The number of esters is 2. The maximum absolute atomic E-state index is 14.1. The van der Waals surface area contributed by atoms with E-state index in [2.05, 4.69) is 9.47 Å². The zero-order chi connectivity index (χ0) is 64.2. The molecule has 0 aliphatic carbocycles. The van der Waals surface area contributed by atoms with Crippen LogP contribution in [-0.4, -0.2) is 162 Å². The maximum Gasteiger partial charge on any atom is 1.00 e. The zero-order valence-electron chi connectivity index (χ0n) is 35.3. The number of hydrogen-bond donors (Lipinski definition) is 0. The first-order valence-corrected chi connectivity index (χ1v) is 18.8. The summed E-state index contributed by atoms with van der Waals surface area (Å²) in [5, 5.41) is -4.29. The van der Waals surface area contributed by atoms with E-state index in [0.29, 0.717) is 0 Å². The molecule has 0 aromatic heterocycles. The molecule has 466 valence electrons. The van der Waals surface area contributed by atoms with Gasteiger partial charge in [0.2, 0.25) is 0 Å². The van der Waals surface area contributed by atoms with Crippen LogP contribution in [0.5, 0.6) is 0 Å². The standard InChI is InChI=1S/C28H12F42O7S.Na/c29-9(30,11(33,34)13(37,38)15(41,42)17(45,46)19(49,50)21(53,54)23(57,58)25(61,62)27(65,66)67)1-3-76-7(71)5-6(78(73,74)75)8(72)77-4-2-10(31,32)12(35,36)14(39,40)16(43,44)18(47,48)20(51,52)22(55,56)24(59,60)26(63,64)28(68,69)70;/h6H,1-5H2,(H,73,74,75);/q;+1/p-1. The Morgan fingerprint density at radius 2 is 0.494 bits per heavy atom. The topological polar surface area (TPSA) is 110 Å². The van der Waals surface area contributed by atoms with Crippen LogP contribution < -0.4 is 29.6 Å². The van der Waals surface area contributed by atoms with Crippen LogP contribution in [0.3, 0.4) is 0 Å². The Morgan fingerprint density at radius 3 is 0.684 bits per heavy atom. The van der Waals surface area contributed by atoms with E-state index < -0.39 is 179 Å². The van der Waals surface area contributed by atoms with Crippen molar-refractivity contribution >= 4 is 22.1 Å². The third kappa shape index (κ3) is 11.4. The van der Waals surface area contributed by atoms with Gasteiger partial charge in [0.15, 0.2) is 5.25 Å². The van der Waals surface area contributed by atoms with Crippen molar-refractivity contribution in [1.29, 1.82) is 0 Å². The summed E-state index contributed by atoms with van der Waals surface area (Å²) in [5.74, 6) is -170. The molecule has 0 saturated heterocycles. The zero-order valence-corrected chi connectivity index (χ0v) is 38.1. The summed E-state index contributed by atoms with van der Waals surface area (Å²) in [6, 6.07) is 0. The molecule has 0 aromatic rings. The average molecular weight is 1310 g/mol. The smallest absolute Gasteiger partial charge is 0.747 e. The molecular weight excluding hydrogens is 1300 g/mol. The molecule has 0 aliphatic rings. The van der Waals surface area contributed by atoms with Gasteiger partial charge in [0.25, 0.3) is 0 Å². The summed E-state index contributed by atoms with van der Waals surface area (Å²) < 4.78 is 608. The third-order valence-corrected chi connectivity index (χ3v) is 10.5. The molecule has 51 heteroatoms. The average Bonchev–Trinajstić information content (AvgIpc) is 3.19. The summed E-state index contributed by atoms with van der Waals surface area (Å²) in [4.78, 5) is 23.6. The van der Waals surface area contributed by atoms with E-state index in [9.17, 15) is 207 Å². The van der Waals surface area contributed by atoms with Crippen molar-refractivity contribution in [1.82, 2.24) is 0 Å². The van der Waals surface area contributed by atoms with Gasteiger partial charge in [-0.2, -0.15) is 184 Å². The van der Waals surface area contributed by atoms with Crippen LogP contribution in [0.4, 0.5) is 184 Å². The van der Waals surface area contributed by atoms with Gasteiger partial charge < -0.3 is 14.0 Å². The van der Waals surface area contributed by atoms with Crippen LogP contribution in [0.15, 0.2) is 0 Å². The Labute approximate surface area is 424 Å². The van der Waals surface area contributed by atoms with E-state index in [0.717, 1.165) is 0 Å². The number of ether oxygens (including phenoxy) is 2. The second-order valence-electron chi connectivity index (χ2n) is 14.7. The first-order chi connectivity index (χ1) is 33.1. The largest absolute Gasteiger partial charge is 1.00 e. The van der Waals surface area contributed by atoms with Gasteiger partial charge in [-0.15, -0.1) is 0 Å². The Hall–Kier alpha value is -3.09. The molecular formula is C28H11F42NaO7S. The molecule has 7 nitrogen and oxygen atoms in total. The first kappa shape index (κ1) is 78.0. The Balaban J connectivity index is 0. The summed E-state index contributed by atoms with van der Waals surface area (Å²) in [5.41, 5.74) is 0. The normalized spacial score (nSPS) is 16.6. The van der Waals surface area contributed by atoms with Crippen LogP contribution in [0, 0.1) is 0 Å². The monoisotopic (exact) mass is 1310 g/mol. The van der Waals surface area contributed by atoms with Gasteiger partial charge >= 0.3 is 160 Å². The minimum atomic E-state index is -9.66. The number of carbonyl (C=O) groups excluding carboxylic acids is 2. The molecule has 0 aromatic carbocycles. The Kier molecular flexibility index (Phi) is 20.9. The molecule has 0 spiro atoms. The Bertz CT molecular complexity index is 2280. The van der Waals surface area contributed by atoms with E-state index in [1.807, 2.05) is 0 Å². The van der Waals surface area contributed by atoms with Crippen molar-refractivity contribution in [3.63, 3.8) is 0 Å². The molecule has 0 aliphatic heterocycles. The first-order valence-electron chi connectivity index (χ1n) is 17.3. The quantitative estimate of drug-likeness (QED) is 0.0368. The maximum atomic E-state index is 14.1. The van der Waals surface area contributed by atoms with Crippen LogP contribution in [-0.2, 0) is 29.2 Å². The molecule has 1 atom stereocenters. The van der Waals surface area contributed by atoms with Gasteiger partial charge in [-0.3, -0.25) is 9.59 Å². The van der Waals surface area contributed by atoms with Crippen molar-refractivity contribution in [2.45, 2.75) is 143 Å². The molecule has 0 fully saturated rings. The SMILES string of the molecule is O=C(CC(C(=O)OCCC(F)(F)C(F)(F)C(F)(F)C(F)(F)C(F)(F)C(F)(F)C(F)(F)C(F)(F)C(F)(F)C(F)(F)F)S(=O)(=O)[O-])OCCC(F)(F)C(F)(F)C(F)(F)C(F)(F)C(F)(F)C(F)(F)C(F)(F)C(F)(F)C(F)(F)C(F)(F)F.[Na+]. The summed E-state index contributed by atoms with van der Waals surface area (Å²) >= 11 is 0. The molecule has 1 unspecified atom stereocenters. The fraction of sp³-hybridized carbons (Fsp3) is 0.929. The van der Waals surface area contributed by atoms with Crippen molar-refractivity contribution in [3.05, 3.63) is 0 Å². The second-order valence-corrected chi connectivity index (χ2v) is 16.2. The molecule has 0 rings (SSSR count). The van der Waals surface area contributed by atoms with Gasteiger partial charge in [0.05, 0.1) is 32.5 Å². The van der Waals surface area contributed by atoms with Gasteiger partial charge in [0.1, 0.15) is 10.1 Å². The van der Waals surface area contributed by atoms with Crippen LogP contribution in [0.25, 0.3) is 0 Å². The summed E-state index contributed by atoms with van der Waals surface area (Å²) in [6.45, 7) is -6.36. The molecule has 0 saturated carbocycles. The fourth-order valence-electron chi connectivity index (χ4n) is 4.67. The predicted octanol–water partition coefficient (Wildman–Crippen LogP) is 9.72. The molecule has 0 radical (unpaired) electrons. The van der Waals surface area contributed by atoms with Crippen LogP contribution in [0.1, 0.15) is 19.3 Å². The van der Waals surface area contributed by atoms with E-state index in [4.69, 9.17) is 0 Å². The van der Waals surface area contributed by atoms with Gasteiger partial charge in [-0.05, 0) is 0 Å². The molecule has 0 amide bonds. The summed E-state index contributed by atoms with van der Waals surface area (Å²) in [7, 11) is -6.98. The molecule has 0 N–H and O–H groups in total. The Morgan fingerprint density at radius 1 is 0.316 bits per heavy atom. The van der Waals surface area contributed by atoms with Crippen molar-refractivity contribution < 1.29 is 246 Å². The van der Waals surface area contributed by atoms with E-state index in [1.165, 1.54) is 0 Å². The van der Waals surface area contributed by atoms with Crippen molar-refractivity contribution in [3.8, 4) is 0 Å². The number of halogens is 42. The summed E-state index contributed by atoms with van der Waals surface area (Å²) in [6.07, 6.45) is -27.4. The van der Waals surface area contributed by atoms with Crippen LogP contribution in [0.2, 0.25) is 0 Å². The minimum absolute atomic E-state index is 0. The number of alkyl halides is 42. The van der Waals surface area contributed by atoms with E-state index in [-0.39, 0.29) is 29.6 Å². The number of hydrogen-bond acceptors (Lipinski definition) is 7. The van der Waals surface area contributed by atoms with Gasteiger partial charge in [-0.25, -0.2) is 8.42 Å². The van der Waals surface area contributed by atoms with Gasteiger partial charge in [0, 0.05) is 0 Å². The second kappa shape index (κ2) is 21.2. The van der Waals surface area contributed by atoms with Crippen molar-refractivity contribution in [2.24, 2.45) is 0 Å². The third-order valence-electron chi connectivity index (χ3n) is 9.45.